The normalized spacial score (nSPS) is 13.4. The van der Waals surface area contributed by atoms with Gasteiger partial charge in [0.05, 0.1) is 33.6 Å². The van der Waals surface area contributed by atoms with Crippen LogP contribution >= 0.6 is 0 Å². The zero-order chi connectivity index (χ0) is 38.0. The van der Waals surface area contributed by atoms with Crippen LogP contribution in [-0.4, -0.2) is 23.6 Å². The van der Waals surface area contributed by atoms with Crippen molar-refractivity contribution in [3.05, 3.63) is 191 Å². The van der Waals surface area contributed by atoms with Gasteiger partial charge in [-0.1, -0.05) is 114 Å². The molecule has 0 unspecified atom stereocenters. The number of carbonyl (C=O) groups is 4. The van der Waals surface area contributed by atoms with E-state index in [4.69, 9.17) is 0 Å². The molecule has 0 fully saturated rings. The molecule has 0 spiro atoms. The van der Waals surface area contributed by atoms with Crippen molar-refractivity contribution >= 4 is 35.0 Å². The quantitative estimate of drug-likeness (QED) is 0.161. The largest absolute Gasteiger partial charge is 0.268 e. The van der Waals surface area contributed by atoms with E-state index in [9.17, 15) is 19.2 Å². The van der Waals surface area contributed by atoms with Crippen molar-refractivity contribution in [3.63, 3.8) is 0 Å². The fourth-order valence-electron chi connectivity index (χ4n) is 7.53. The molecule has 0 atom stereocenters. The number of imide groups is 2. The molecule has 55 heavy (non-hydrogen) atoms. The van der Waals surface area contributed by atoms with Gasteiger partial charge in [-0.2, -0.15) is 0 Å². The molecular weight excluding hydrogens is 681 g/mol. The van der Waals surface area contributed by atoms with E-state index >= 15 is 0 Å². The van der Waals surface area contributed by atoms with Gasteiger partial charge in [0.2, 0.25) is 0 Å². The Labute approximate surface area is 318 Å². The van der Waals surface area contributed by atoms with Gasteiger partial charge in [-0.05, 0) is 119 Å². The molecule has 0 bridgehead atoms. The van der Waals surface area contributed by atoms with Crippen LogP contribution in [0.15, 0.2) is 152 Å². The summed E-state index contributed by atoms with van der Waals surface area (Å²) in [5.41, 5.74) is 13.4. The summed E-state index contributed by atoms with van der Waals surface area (Å²) < 4.78 is 0. The van der Waals surface area contributed by atoms with Crippen LogP contribution in [0, 0.1) is 20.8 Å². The van der Waals surface area contributed by atoms with Gasteiger partial charge in [0.1, 0.15) is 0 Å². The van der Waals surface area contributed by atoms with Crippen LogP contribution in [-0.2, 0) is 0 Å². The molecule has 2 heterocycles. The molecular formula is C49H34N2O4. The minimum atomic E-state index is -0.331. The predicted molar refractivity (Wildman–Crippen MR) is 218 cm³/mol. The summed E-state index contributed by atoms with van der Waals surface area (Å²) in [6.07, 6.45) is 0. The molecule has 264 valence electrons. The maximum absolute atomic E-state index is 13.6. The molecule has 0 radical (unpaired) electrons. The summed E-state index contributed by atoms with van der Waals surface area (Å²) in [5, 5.41) is 0. The number of rotatable bonds is 6. The van der Waals surface area contributed by atoms with Crippen molar-refractivity contribution in [2.75, 3.05) is 9.80 Å². The molecule has 4 amide bonds. The average molecular weight is 715 g/mol. The fraction of sp³-hybridized carbons (Fsp3) is 0.0612. The number of nitrogens with zero attached hydrogens (tertiary/aromatic N) is 2. The van der Waals surface area contributed by atoms with Crippen LogP contribution in [0.3, 0.4) is 0 Å². The topological polar surface area (TPSA) is 74.8 Å². The van der Waals surface area contributed by atoms with E-state index < -0.39 is 0 Å². The fourth-order valence-corrected chi connectivity index (χ4v) is 7.53. The molecule has 7 aromatic carbocycles. The van der Waals surface area contributed by atoms with E-state index in [0.29, 0.717) is 33.6 Å². The number of amides is 4. The number of benzene rings is 7. The van der Waals surface area contributed by atoms with Gasteiger partial charge in [-0.3, -0.25) is 19.2 Å². The molecule has 0 aromatic heterocycles. The van der Waals surface area contributed by atoms with Crippen LogP contribution in [0.25, 0.3) is 44.5 Å². The number of aryl methyl sites for hydroxylation is 3. The summed E-state index contributed by atoms with van der Waals surface area (Å²) in [6.45, 7) is 5.97. The van der Waals surface area contributed by atoms with Crippen molar-refractivity contribution in [2.45, 2.75) is 20.8 Å². The summed E-state index contributed by atoms with van der Waals surface area (Å²) in [7, 11) is 0. The molecule has 0 saturated heterocycles. The SMILES string of the molecule is Cc1ccc(-c2ccc3c(c2)C(=O)N(c2ccc(-c4ccc(-c5ccc(N6C(=O)c7ccc(-c8ccc(C)cc8)cc7C6=O)c(C)c5)cc4)cc2)C3=O)cc1. The number of carbonyl (C=O) groups excluding carboxylic acids is 4. The highest BCUT2D eigenvalue weighted by molar-refractivity contribution is 6.35. The Bertz CT molecular complexity index is 2730. The van der Waals surface area contributed by atoms with Crippen LogP contribution in [0.5, 0.6) is 0 Å². The molecule has 2 aliphatic heterocycles. The second-order valence-corrected chi connectivity index (χ2v) is 14.3. The molecule has 0 N–H and O–H groups in total. The van der Waals surface area contributed by atoms with Crippen LogP contribution < -0.4 is 9.80 Å². The third-order valence-electron chi connectivity index (χ3n) is 10.7. The van der Waals surface area contributed by atoms with Gasteiger partial charge in [0.25, 0.3) is 23.6 Å². The van der Waals surface area contributed by atoms with Gasteiger partial charge in [-0.25, -0.2) is 9.80 Å². The van der Waals surface area contributed by atoms with E-state index in [-0.39, 0.29) is 23.6 Å². The maximum atomic E-state index is 13.6. The number of hydrogen-bond acceptors (Lipinski definition) is 4. The van der Waals surface area contributed by atoms with E-state index in [1.54, 1.807) is 30.3 Å². The van der Waals surface area contributed by atoms with Gasteiger partial charge >= 0.3 is 0 Å². The predicted octanol–water partition coefficient (Wildman–Crippen LogP) is 10.9. The molecule has 7 aromatic rings. The molecule has 6 nitrogen and oxygen atoms in total. The minimum Gasteiger partial charge on any atom is -0.268 e. The smallest absolute Gasteiger partial charge is 0.266 e. The lowest BCUT2D eigenvalue weighted by Crippen LogP contribution is -2.30. The molecule has 9 rings (SSSR count). The third kappa shape index (κ3) is 5.76. The molecule has 0 aliphatic carbocycles. The Hall–Kier alpha value is -7.18. The van der Waals surface area contributed by atoms with Gasteiger partial charge in [0, 0.05) is 0 Å². The highest BCUT2D eigenvalue weighted by Gasteiger charge is 2.38. The molecule has 6 heteroatoms. The molecule has 0 saturated carbocycles. The highest BCUT2D eigenvalue weighted by atomic mass is 16.2. The third-order valence-corrected chi connectivity index (χ3v) is 10.7. The minimum absolute atomic E-state index is 0.322. The van der Waals surface area contributed by atoms with Crippen molar-refractivity contribution in [1.82, 2.24) is 0 Å². The van der Waals surface area contributed by atoms with Gasteiger partial charge < -0.3 is 0 Å². The number of hydrogen-bond donors (Lipinski definition) is 0. The summed E-state index contributed by atoms with van der Waals surface area (Å²) in [4.78, 5) is 56.5. The van der Waals surface area contributed by atoms with E-state index in [2.05, 4.69) is 0 Å². The zero-order valence-corrected chi connectivity index (χ0v) is 30.5. The Kier molecular flexibility index (Phi) is 7.98. The first-order chi connectivity index (χ1) is 26.6. The second-order valence-electron chi connectivity index (χ2n) is 14.3. The summed E-state index contributed by atoms with van der Waals surface area (Å²) in [6, 6.07) is 48.4. The standard InChI is InChI=1S/C49H34N2O4/c1-29-4-8-34(9-5-29)38-18-23-41-43(27-38)48(54)50(46(41)52)40-21-16-33(17-22-40)32-12-14-36(15-13-32)37-20-25-45(31(3)26-37)51-47(53)42-24-19-39(28-44(42)49(51)55)35-10-6-30(2)7-11-35/h4-28H,1-3H3. The highest BCUT2D eigenvalue weighted by Crippen LogP contribution is 2.37. The van der Waals surface area contributed by atoms with Crippen molar-refractivity contribution in [2.24, 2.45) is 0 Å². The monoisotopic (exact) mass is 714 g/mol. The first kappa shape index (κ1) is 33.6. The van der Waals surface area contributed by atoms with Crippen LogP contribution in [0.2, 0.25) is 0 Å². The van der Waals surface area contributed by atoms with E-state index in [0.717, 1.165) is 61.2 Å². The lowest BCUT2D eigenvalue weighted by atomic mass is 9.98. The Morgan fingerprint density at radius 3 is 1.11 bits per heavy atom. The van der Waals surface area contributed by atoms with Crippen LogP contribution in [0.4, 0.5) is 11.4 Å². The van der Waals surface area contributed by atoms with Crippen molar-refractivity contribution < 1.29 is 19.2 Å². The average Bonchev–Trinajstić information content (AvgIpc) is 3.61. The Balaban J connectivity index is 0.909. The number of fused-ring (bicyclic) bond motifs is 2. The summed E-state index contributed by atoms with van der Waals surface area (Å²) >= 11 is 0. The maximum Gasteiger partial charge on any atom is 0.266 e. The van der Waals surface area contributed by atoms with Gasteiger partial charge in [0.15, 0.2) is 0 Å². The van der Waals surface area contributed by atoms with Crippen molar-refractivity contribution in [1.29, 1.82) is 0 Å². The van der Waals surface area contributed by atoms with Crippen molar-refractivity contribution in [3.8, 4) is 44.5 Å². The first-order valence-corrected chi connectivity index (χ1v) is 18.2. The zero-order valence-electron chi connectivity index (χ0n) is 30.5. The van der Waals surface area contributed by atoms with Gasteiger partial charge in [-0.15, -0.1) is 0 Å². The van der Waals surface area contributed by atoms with E-state index in [1.807, 2.05) is 142 Å². The lowest BCUT2D eigenvalue weighted by Gasteiger charge is -2.18. The molecule has 2 aliphatic rings. The first-order valence-electron chi connectivity index (χ1n) is 18.2. The number of anilines is 2. The van der Waals surface area contributed by atoms with Crippen LogP contribution in [0.1, 0.15) is 58.1 Å². The lowest BCUT2D eigenvalue weighted by molar-refractivity contribution is 0.0910. The van der Waals surface area contributed by atoms with E-state index in [1.165, 1.54) is 9.80 Å². The summed E-state index contributed by atoms with van der Waals surface area (Å²) in [5.74, 6) is -1.31. The Morgan fingerprint density at radius 1 is 0.309 bits per heavy atom. The second kappa shape index (κ2) is 13.0. The Morgan fingerprint density at radius 2 is 0.636 bits per heavy atom.